The Hall–Kier alpha value is -0.220. The SMILES string of the molecule is CNCC1CCN(CCC(F)F)C1. The van der Waals surface area contributed by atoms with Crippen molar-refractivity contribution in [2.45, 2.75) is 19.3 Å². The van der Waals surface area contributed by atoms with E-state index in [9.17, 15) is 8.78 Å². The van der Waals surface area contributed by atoms with Crippen LogP contribution in [0.25, 0.3) is 0 Å². The lowest BCUT2D eigenvalue weighted by Gasteiger charge is -2.15. The van der Waals surface area contributed by atoms with E-state index in [4.69, 9.17) is 0 Å². The highest BCUT2D eigenvalue weighted by Crippen LogP contribution is 2.16. The lowest BCUT2D eigenvalue weighted by molar-refractivity contribution is 0.120. The van der Waals surface area contributed by atoms with E-state index in [1.807, 2.05) is 7.05 Å². The van der Waals surface area contributed by atoms with Crippen LogP contribution in [0.3, 0.4) is 0 Å². The molecule has 0 bridgehead atoms. The second-order valence-corrected chi connectivity index (χ2v) is 3.69. The molecule has 0 aliphatic carbocycles. The lowest BCUT2D eigenvalue weighted by atomic mass is 10.1. The third-order valence-corrected chi connectivity index (χ3v) is 2.53. The minimum atomic E-state index is -2.15. The number of nitrogens with zero attached hydrogens (tertiary/aromatic N) is 1. The van der Waals surface area contributed by atoms with Gasteiger partial charge in [0.25, 0.3) is 0 Å². The molecule has 0 aromatic carbocycles. The van der Waals surface area contributed by atoms with Gasteiger partial charge >= 0.3 is 0 Å². The van der Waals surface area contributed by atoms with E-state index in [1.165, 1.54) is 0 Å². The lowest BCUT2D eigenvalue weighted by Crippen LogP contribution is -2.26. The Morgan fingerprint density at radius 3 is 2.92 bits per heavy atom. The minimum Gasteiger partial charge on any atom is -0.319 e. The Balaban J connectivity index is 2.10. The van der Waals surface area contributed by atoms with Gasteiger partial charge in [0.05, 0.1) is 0 Å². The van der Waals surface area contributed by atoms with Gasteiger partial charge in [-0.1, -0.05) is 0 Å². The molecule has 1 aliphatic heterocycles. The second-order valence-electron chi connectivity index (χ2n) is 3.69. The zero-order valence-electron chi connectivity index (χ0n) is 8.10. The van der Waals surface area contributed by atoms with Gasteiger partial charge in [-0.15, -0.1) is 0 Å². The molecule has 1 rings (SSSR count). The number of hydrogen-bond acceptors (Lipinski definition) is 2. The number of nitrogens with one attached hydrogen (secondary N) is 1. The zero-order chi connectivity index (χ0) is 9.68. The van der Waals surface area contributed by atoms with Gasteiger partial charge in [-0.3, -0.25) is 0 Å². The normalized spacial score (nSPS) is 24.5. The first-order valence-electron chi connectivity index (χ1n) is 4.87. The van der Waals surface area contributed by atoms with E-state index in [2.05, 4.69) is 10.2 Å². The van der Waals surface area contributed by atoms with Crippen LogP contribution in [0.15, 0.2) is 0 Å². The summed E-state index contributed by atoms with van der Waals surface area (Å²) in [6.45, 7) is 3.52. The fourth-order valence-electron chi connectivity index (χ4n) is 1.85. The summed E-state index contributed by atoms with van der Waals surface area (Å²) >= 11 is 0. The first-order chi connectivity index (χ1) is 6.22. The summed E-state index contributed by atoms with van der Waals surface area (Å²) in [7, 11) is 1.93. The van der Waals surface area contributed by atoms with Gasteiger partial charge < -0.3 is 10.2 Å². The molecule has 0 amide bonds. The average Bonchev–Trinajstić information content (AvgIpc) is 2.50. The largest absolute Gasteiger partial charge is 0.319 e. The molecular weight excluding hydrogens is 174 g/mol. The van der Waals surface area contributed by atoms with Crippen molar-refractivity contribution in [1.82, 2.24) is 10.2 Å². The Morgan fingerprint density at radius 2 is 2.31 bits per heavy atom. The molecule has 0 aromatic rings. The van der Waals surface area contributed by atoms with Gasteiger partial charge in [-0.2, -0.15) is 0 Å². The van der Waals surface area contributed by atoms with Crippen LogP contribution in [0.1, 0.15) is 12.8 Å². The second kappa shape index (κ2) is 5.50. The van der Waals surface area contributed by atoms with Crippen LogP contribution >= 0.6 is 0 Å². The Morgan fingerprint density at radius 1 is 1.54 bits per heavy atom. The molecule has 1 saturated heterocycles. The van der Waals surface area contributed by atoms with Crippen molar-refractivity contribution in [2.24, 2.45) is 5.92 Å². The van der Waals surface area contributed by atoms with E-state index in [1.54, 1.807) is 0 Å². The highest BCUT2D eigenvalue weighted by molar-refractivity contribution is 4.76. The van der Waals surface area contributed by atoms with Crippen molar-refractivity contribution >= 4 is 0 Å². The van der Waals surface area contributed by atoms with E-state index < -0.39 is 6.43 Å². The summed E-state index contributed by atoms with van der Waals surface area (Å²) in [5, 5.41) is 3.12. The first-order valence-corrected chi connectivity index (χ1v) is 4.87. The van der Waals surface area contributed by atoms with Crippen LogP contribution in [-0.2, 0) is 0 Å². The van der Waals surface area contributed by atoms with Crippen LogP contribution in [0.4, 0.5) is 8.78 Å². The summed E-state index contributed by atoms with van der Waals surface area (Å²) in [6, 6.07) is 0. The third kappa shape index (κ3) is 4.00. The van der Waals surface area contributed by atoms with Gasteiger partial charge in [-0.25, -0.2) is 8.78 Å². The van der Waals surface area contributed by atoms with Gasteiger partial charge in [0.15, 0.2) is 0 Å². The fourth-order valence-corrected chi connectivity index (χ4v) is 1.85. The molecule has 78 valence electrons. The maximum atomic E-state index is 11.9. The van der Waals surface area contributed by atoms with Gasteiger partial charge in [0, 0.05) is 19.5 Å². The predicted octanol–water partition coefficient (Wildman–Crippen LogP) is 1.18. The fraction of sp³-hybridized carbons (Fsp3) is 1.00. The van der Waals surface area contributed by atoms with E-state index in [0.717, 1.165) is 26.1 Å². The molecule has 1 unspecified atom stereocenters. The number of alkyl halides is 2. The third-order valence-electron chi connectivity index (χ3n) is 2.53. The maximum Gasteiger partial charge on any atom is 0.239 e. The summed E-state index contributed by atoms with van der Waals surface area (Å²) in [5.74, 6) is 0.655. The Kier molecular flexibility index (Phi) is 4.59. The molecule has 13 heavy (non-hydrogen) atoms. The summed E-state index contributed by atoms with van der Waals surface area (Å²) < 4.78 is 23.8. The minimum absolute atomic E-state index is 0.0201. The van der Waals surface area contributed by atoms with Gasteiger partial charge in [-0.05, 0) is 32.5 Å². The first kappa shape index (κ1) is 10.9. The van der Waals surface area contributed by atoms with Gasteiger partial charge in [0.2, 0.25) is 6.43 Å². The van der Waals surface area contributed by atoms with Crippen LogP contribution in [0.5, 0.6) is 0 Å². The smallest absolute Gasteiger partial charge is 0.239 e. The Bertz CT molecular complexity index is 142. The molecular formula is C9H18F2N2. The highest BCUT2D eigenvalue weighted by atomic mass is 19.3. The zero-order valence-corrected chi connectivity index (χ0v) is 8.10. The van der Waals surface area contributed by atoms with Crippen LogP contribution in [0.2, 0.25) is 0 Å². The Labute approximate surface area is 78.3 Å². The average molecular weight is 192 g/mol. The van der Waals surface area contributed by atoms with E-state index in [-0.39, 0.29) is 6.42 Å². The highest BCUT2D eigenvalue weighted by Gasteiger charge is 2.21. The molecule has 0 aromatic heterocycles. The molecule has 1 N–H and O–H groups in total. The summed E-state index contributed by atoms with van der Waals surface area (Å²) in [5.41, 5.74) is 0. The summed E-state index contributed by atoms with van der Waals surface area (Å²) in [6.07, 6.45) is -0.987. The van der Waals surface area contributed by atoms with Crippen molar-refractivity contribution in [1.29, 1.82) is 0 Å². The number of halogens is 2. The molecule has 0 radical (unpaired) electrons. The van der Waals surface area contributed by atoms with Crippen molar-refractivity contribution in [3.8, 4) is 0 Å². The molecule has 1 atom stereocenters. The molecule has 4 heteroatoms. The number of likely N-dealkylation sites (tertiary alicyclic amines) is 1. The van der Waals surface area contributed by atoms with Crippen molar-refractivity contribution in [3.63, 3.8) is 0 Å². The van der Waals surface area contributed by atoms with Crippen molar-refractivity contribution in [2.75, 3.05) is 33.2 Å². The standard InChI is InChI=1S/C9H18F2N2/c1-12-6-8-2-4-13(7-8)5-3-9(10)11/h8-9,12H,2-7H2,1H3. The monoisotopic (exact) mass is 192 g/mol. The molecule has 1 heterocycles. The molecule has 2 nitrogen and oxygen atoms in total. The number of rotatable bonds is 5. The quantitative estimate of drug-likeness (QED) is 0.703. The topological polar surface area (TPSA) is 15.3 Å². The molecule has 1 fully saturated rings. The maximum absolute atomic E-state index is 11.9. The van der Waals surface area contributed by atoms with Crippen LogP contribution in [-0.4, -0.2) is 44.6 Å². The summed E-state index contributed by atoms with van der Waals surface area (Å²) in [4.78, 5) is 2.13. The predicted molar refractivity (Wildman–Crippen MR) is 49.1 cm³/mol. The van der Waals surface area contributed by atoms with Crippen molar-refractivity contribution in [3.05, 3.63) is 0 Å². The van der Waals surface area contributed by atoms with E-state index >= 15 is 0 Å². The van der Waals surface area contributed by atoms with Crippen LogP contribution < -0.4 is 5.32 Å². The molecule has 0 saturated carbocycles. The number of hydrogen-bond donors (Lipinski definition) is 1. The molecule has 0 spiro atoms. The van der Waals surface area contributed by atoms with Crippen LogP contribution in [0, 0.1) is 5.92 Å². The molecule has 1 aliphatic rings. The van der Waals surface area contributed by atoms with E-state index in [0.29, 0.717) is 12.5 Å². The van der Waals surface area contributed by atoms with Crippen molar-refractivity contribution < 1.29 is 8.78 Å². The van der Waals surface area contributed by atoms with Gasteiger partial charge in [0.1, 0.15) is 0 Å².